The lowest BCUT2D eigenvalue weighted by Gasteiger charge is -2.04. The zero-order valence-electron chi connectivity index (χ0n) is 7.76. The maximum Gasteiger partial charge on any atom is 0.326 e. The predicted octanol–water partition coefficient (Wildman–Crippen LogP) is 0.987. The standard InChI is InChI=1S/C9H7BrN2O3/c1-15-7-2-4-6(3-5(7)10)11-9(14)12-8(4)13/h2-3H,1H3,(H2,11,12,13,14). The van der Waals surface area contributed by atoms with E-state index in [1.165, 1.54) is 7.11 Å². The molecule has 0 aliphatic heterocycles. The second-order valence-corrected chi connectivity index (χ2v) is 3.79. The molecular formula is C9H7BrN2O3. The van der Waals surface area contributed by atoms with Gasteiger partial charge in [-0.3, -0.25) is 9.78 Å². The minimum atomic E-state index is -0.524. The minimum Gasteiger partial charge on any atom is -0.496 e. The van der Waals surface area contributed by atoms with Crippen molar-refractivity contribution in [2.45, 2.75) is 0 Å². The molecule has 0 saturated heterocycles. The molecule has 0 amide bonds. The van der Waals surface area contributed by atoms with Crippen LogP contribution in [0.2, 0.25) is 0 Å². The van der Waals surface area contributed by atoms with E-state index in [1.54, 1.807) is 12.1 Å². The van der Waals surface area contributed by atoms with E-state index in [-0.39, 0.29) is 0 Å². The molecule has 0 atom stereocenters. The molecular weight excluding hydrogens is 264 g/mol. The number of fused-ring (bicyclic) bond motifs is 1. The second kappa shape index (κ2) is 3.54. The predicted molar refractivity (Wildman–Crippen MR) is 59.4 cm³/mol. The molecule has 1 heterocycles. The van der Waals surface area contributed by atoms with Crippen molar-refractivity contribution in [3.05, 3.63) is 37.4 Å². The topological polar surface area (TPSA) is 75.0 Å². The quantitative estimate of drug-likeness (QED) is 0.812. The van der Waals surface area contributed by atoms with Crippen LogP contribution in [0.5, 0.6) is 5.75 Å². The Morgan fingerprint density at radius 2 is 2.00 bits per heavy atom. The number of aromatic nitrogens is 2. The summed E-state index contributed by atoms with van der Waals surface area (Å²) in [6.45, 7) is 0. The lowest BCUT2D eigenvalue weighted by molar-refractivity contribution is 0.412. The van der Waals surface area contributed by atoms with Crippen LogP contribution < -0.4 is 16.0 Å². The van der Waals surface area contributed by atoms with Crippen LogP contribution in [0.4, 0.5) is 0 Å². The Morgan fingerprint density at radius 1 is 1.27 bits per heavy atom. The summed E-state index contributed by atoms with van der Waals surface area (Å²) in [5, 5.41) is 0.384. The third-order valence-corrected chi connectivity index (χ3v) is 2.63. The fraction of sp³-hybridized carbons (Fsp3) is 0.111. The minimum absolute atomic E-state index is 0.384. The molecule has 0 radical (unpaired) electrons. The van der Waals surface area contributed by atoms with E-state index in [0.29, 0.717) is 21.1 Å². The number of nitrogens with one attached hydrogen (secondary N) is 2. The smallest absolute Gasteiger partial charge is 0.326 e. The van der Waals surface area contributed by atoms with Crippen LogP contribution in [0.15, 0.2) is 26.2 Å². The number of H-pyrrole nitrogens is 2. The first-order valence-electron chi connectivity index (χ1n) is 4.11. The normalized spacial score (nSPS) is 10.5. The van der Waals surface area contributed by atoms with Gasteiger partial charge in [-0.25, -0.2) is 4.79 Å². The summed E-state index contributed by atoms with van der Waals surface area (Å²) in [5.74, 6) is 0.542. The monoisotopic (exact) mass is 270 g/mol. The Balaban J connectivity index is 2.94. The van der Waals surface area contributed by atoms with E-state index in [9.17, 15) is 9.59 Å². The Morgan fingerprint density at radius 3 is 2.67 bits per heavy atom. The van der Waals surface area contributed by atoms with E-state index < -0.39 is 11.2 Å². The molecule has 2 rings (SSSR count). The third-order valence-electron chi connectivity index (χ3n) is 2.01. The number of halogens is 1. The van der Waals surface area contributed by atoms with Crippen molar-refractivity contribution < 1.29 is 4.74 Å². The highest BCUT2D eigenvalue weighted by Gasteiger charge is 2.06. The maximum atomic E-state index is 11.4. The first kappa shape index (κ1) is 9.97. The average molecular weight is 271 g/mol. The van der Waals surface area contributed by atoms with Crippen LogP contribution in [0.1, 0.15) is 0 Å². The molecule has 0 unspecified atom stereocenters. The van der Waals surface area contributed by atoms with Gasteiger partial charge in [0.15, 0.2) is 0 Å². The van der Waals surface area contributed by atoms with Gasteiger partial charge in [0.25, 0.3) is 5.56 Å². The Hall–Kier alpha value is -1.56. The number of rotatable bonds is 1. The van der Waals surface area contributed by atoms with Crippen LogP contribution in [0.3, 0.4) is 0 Å². The van der Waals surface area contributed by atoms with Gasteiger partial charge in [0.05, 0.1) is 22.5 Å². The van der Waals surface area contributed by atoms with E-state index in [4.69, 9.17) is 4.74 Å². The van der Waals surface area contributed by atoms with Gasteiger partial charge in [0.1, 0.15) is 5.75 Å². The molecule has 78 valence electrons. The molecule has 0 spiro atoms. The van der Waals surface area contributed by atoms with E-state index >= 15 is 0 Å². The van der Waals surface area contributed by atoms with Gasteiger partial charge in [-0.15, -0.1) is 0 Å². The molecule has 0 aliphatic carbocycles. The summed E-state index contributed by atoms with van der Waals surface area (Å²) in [7, 11) is 1.51. The maximum absolute atomic E-state index is 11.4. The van der Waals surface area contributed by atoms with Crippen LogP contribution in [-0.4, -0.2) is 17.1 Å². The highest BCUT2D eigenvalue weighted by Crippen LogP contribution is 2.27. The summed E-state index contributed by atoms with van der Waals surface area (Å²) < 4.78 is 5.73. The lowest BCUT2D eigenvalue weighted by atomic mass is 10.2. The summed E-state index contributed by atoms with van der Waals surface area (Å²) in [6.07, 6.45) is 0. The van der Waals surface area contributed by atoms with Crippen molar-refractivity contribution in [1.82, 2.24) is 9.97 Å². The highest BCUT2D eigenvalue weighted by atomic mass is 79.9. The molecule has 1 aromatic carbocycles. The number of ether oxygens (including phenoxy) is 1. The van der Waals surface area contributed by atoms with Crippen LogP contribution in [-0.2, 0) is 0 Å². The summed E-state index contributed by atoms with van der Waals surface area (Å²) in [6, 6.07) is 3.19. The van der Waals surface area contributed by atoms with E-state index in [2.05, 4.69) is 25.9 Å². The number of hydrogen-bond acceptors (Lipinski definition) is 3. The average Bonchev–Trinajstić information content (AvgIpc) is 2.16. The van der Waals surface area contributed by atoms with E-state index in [1.807, 2.05) is 0 Å². The van der Waals surface area contributed by atoms with Gasteiger partial charge in [-0.2, -0.15) is 0 Å². The largest absolute Gasteiger partial charge is 0.496 e. The lowest BCUT2D eigenvalue weighted by Crippen LogP contribution is -2.21. The SMILES string of the molecule is COc1cc2c(=O)[nH]c(=O)[nH]c2cc1Br. The number of aromatic amines is 2. The number of benzene rings is 1. The van der Waals surface area contributed by atoms with Gasteiger partial charge in [0.2, 0.25) is 0 Å². The molecule has 2 N–H and O–H groups in total. The summed E-state index contributed by atoms with van der Waals surface area (Å²) in [5.41, 5.74) is -0.486. The Kier molecular flexibility index (Phi) is 2.36. The Bertz CT molecular complexity index is 629. The molecule has 1 aromatic heterocycles. The van der Waals surface area contributed by atoms with Gasteiger partial charge in [-0.1, -0.05) is 0 Å². The van der Waals surface area contributed by atoms with Gasteiger partial charge in [0, 0.05) is 0 Å². The van der Waals surface area contributed by atoms with Crippen molar-refractivity contribution in [2.24, 2.45) is 0 Å². The van der Waals surface area contributed by atoms with E-state index in [0.717, 1.165) is 0 Å². The van der Waals surface area contributed by atoms with Gasteiger partial charge in [-0.05, 0) is 28.1 Å². The number of methoxy groups -OCH3 is 1. The number of hydrogen-bond donors (Lipinski definition) is 2. The molecule has 6 heteroatoms. The second-order valence-electron chi connectivity index (χ2n) is 2.94. The molecule has 15 heavy (non-hydrogen) atoms. The molecule has 0 aliphatic rings. The highest BCUT2D eigenvalue weighted by molar-refractivity contribution is 9.10. The van der Waals surface area contributed by atoms with Gasteiger partial charge < -0.3 is 9.72 Å². The molecule has 0 saturated carbocycles. The summed E-state index contributed by atoms with van der Waals surface area (Å²) >= 11 is 3.27. The van der Waals surface area contributed by atoms with Crippen molar-refractivity contribution in [1.29, 1.82) is 0 Å². The molecule has 5 nitrogen and oxygen atoms in total. The molecule has 2 aromatic rings. The first-order chi connectivity index (χ1) is 7.11. The fourth-order valence-corrected chi connectivity index (χ4v) is 1.83. The van der Waals surface area contributed by atoms with Crippen LogP contribution >= 0.6 is 15.9 Å². The molecule has 0 bridgehead atoms. The van der Waals surface area contributed by atoms with Crippen molar-refractivity contribution in [3.63, 3.8) is 0 Å². The van der Waals surface area contributed by atoms with Gasteiger partial charge >= 0.3 is 5.69 Å². The van der Waals surface area contributed by atoms with Crippen molar-refractivity contribution in [2.75, 3.05) is 7.11 Å². The zero-order chi connectivity index (χ0) is 11.0. The molecule has 0 fully saturated rings. The van der Waals surface area contributed by atoms with Crippen LogP contribution in [0, 0.1) is 0 Å². The fourth-order valence-electron chi connectivity index (χ4n) is 1.33. The third kappa shape index (κ3) is 1.68. The first-order valence-corrected chi connectivity index (χ1v) is 4.91. The van der Waals surface area contributed by atoms with Crippen LogP contribution in [0.25, 0.3) is 10.9 Å². The van der Waals surface area contributed by atoms with Crippen molar-refractivity contribution in [3.8, 4) is 5.75 Å². The van der Waals surface area contributed by atoms with Crippen molar-refractivity contribution >= 4 is 26.8 Å². The Labute approximate surface area is 92.2 Å². The zero-order valence-corrected chi connectivity index (χ0v) is 9.34. The summed E-state index contributed by atoms with van der Waals surface area (Å²) in [4.78, 5) is 27.1.